The maximum Gasteiger partial charge on any atom is 0.240 e. The highest BCUT2D eigenvalue weighted by atomic mass is 35.5. The van der Waals surface area contributed by atoms with Gasteiger partial charge in [-0.05, 0) is 55.7 Å². The number of anilines is 1. The highest BCUT2D eigenvalue weighted by Gasteiger charge is 2.37. The monoisotopic (exact) mass is 443 g/mol. The van der Waals surface area contributed by atoms with Gasteiger partial charge in [0, 0.05) is 5.69 Å². The van der Waals surface area contributed by atoms with Gasteiger partial charge < -0.3 is 15.5 Å². The molecule has 30 heavy (non-hydrogen) atoms. The number of aromatic nitrogens is 3. The number of rotatable bonds is 4. The van der Waals surface area contributed by atoms with E-state index >= 15 is 0 Å². The second-order valence-electron chi connectivity index (χ2n) is 7.14. The maximum atomic E-state index is 13.4. The summed E-state index contributed by atoms with van der Waals surface area (Å²) >= 11 is 7.74. The van der Waals surface area contributed by atoms with Crippen LogP contribution in [-0.2, 0) is 4.79 Å². The molecule has 0 saturated heterocycles. The van der Waals surface area contributed by atoms with E-state index in [1.54, 1.807) is 17.9 Å². The standard InChI is InChI=1S/C21H22ClN5O2S/c1-11-6-5-7-16(12(11)2)23-20(28)19-18(14-8-9-17(29-4)15(22)10-14)26-27-13(3)24-25-21(27)30-19/h5-10,18-19,26H,1-4H3,(H,23,28)/t18-,19+/m1/s1. The lowest BCUT2D eigenvalue weighted by Crippen LogP contribution is -2.41. The van der Waals surface area contributed by atoms with Crippen LogP contribution in [0.4, 0.5) is 5.69 Å². The molecule has 0 radical (unpaired) electrons. The van der Waals surface area contributed by atoms with Gasteiger partial charge in [0.05, 0.1) is 18.2 Å². The molecule has 0 fully saturated rings. The molecule has 9 heteroatoms. The number of halogens is 1. The first-order valence-electron chi connectivity index (χ1n) is 9.44. The number of nitrogens with one attached hydrogen (secondary N) is 2. The first-order valence-corrected chi connectivity index (χ1v) is 10.7. The highest BCUT2D eigenvalue weighted by molar-refractivity contribution is 8.00. The lowest BCUT2D eigenvalue weighted by Gasteiger charge is -2.33. The quantitative estimate of drug-likeness (QED) is 0.627. The zero-order chi connectivity index (χ0) is 21.4. The van der Waals surface area contributed by atoms with Crippen LogP contribution in [0, 0.1) is 20.8 Å². The number of carbonyl (C=O) groups excluding carboxylic acids is 1. The summed E-state index contributed by atoms with van der Waals surface area (Å²) in [6.45, 7) is 5.88. The molecule has 1 amide bonds. The number of methoxy groups -OCH3 is 1. The van der Waals surface area contributed by atoms with Crippen molar-refractivity contribution in [2.45, 2.75) is 37.2 Å². The number of benzene rings is 2. The Bertz CT molecular complexity index is 1120. The predicted molar refractivity (Wildman–Crippen MR) is 119 cm³/mol. The van der Waals surface area contributed by atoms with Gasteiger partial charge in [-0.3, -0.25) is 4.79 Å². The lowest BCUT2D eigenvalue weighted by molar-refractivity contribution is -0.116. The first-order chi connectivity index (χ1) is 14.4. The van der Waals surface area contributed by atoms with Gasteiger partial charge in [0.1, 0.15) is 16.8 Å². The summed E-state index contributed by atoms with van der Waals surface area (Å²) in [5.74, 6) is 1.18. The number of thioether (sulfide) groups is 1. The highest BCUT2D eigenvalue weighted by Crippen LogP contribution is 2.39. The smallest absolute Gasteiger partial charge is 0.240 e. The van der Waals surface area contributed by atoms with Crippen LogP contribution in [0.1, 0.15) is 28.6 Å². The molecule has 0 unspecified atom stereocenters. The second kappa shape index (κ2) is 8.20. The molecule has 0 aliphatic carbocycles. The molecule has 1 aliphatic rings. The molecule has 0 spiro atoms. The van der Waals surface area contributed by atoms with E-state index < -0.39 is 5.25 Å². The Labute approximate surface area is 184 Å². The molecule has 2 heterocycles. The van der Waals surface area contributed by atoms with Crippen LogP contribution in [0.2, 0.25) is 5.02 Å². The van der Waals surface area contributed by atoms with Crippen molar-refractivity contribution in [3.05, 3.63) is 63.9 Å². The van der Waals surface area contributed by atoms with Crippen molar-refractivity contribution in [3.8, 4) is 5.75 Å². The Balaban J connectivity index is 1.70. The number of hydrogen-bond donors (Lipinski definition) is 2. The third kappa shape index (κ3) is 3.73. The number of nitrogens with zero attached hydrogens (tertiary/aromatic N) is 3. The fraction of sp³-hybridized carbons (Fsp3) is 0.286. The predicted octanol–water partition coefficient (Wildman–Crippen LogP) is 4.26. The summed E-state index contributed by atoms with van der Waals surface area (Å²) in [7, 11) is 1.57. The summed E-state index contributed by atoms with van der Waals surface area (Å²) in [5.41, 5.74) is 7.21. The molecule has 2 atom stereocenters. The van der Waals surface area contributed by atoms with E-state index in [1.165, 1.54) is 11.8 Å². The third-order valence-electron chi connectivity index (χ3n) is 5.25. The topological polar surface area (TPSA) is 81.1 Å². The summed E-state index contributed by atoms with van der Waals surface area (Å²) in [5, 5.41) is 12.0. The molecule has 1 aromatic heterocycles. The second-order valence-corrected chi connectivity index (χ2v) is 8.66. The SMILES string of the molecule is COc1ccc([C@H]2Nn3c(C)nnc3S[C@@H]2C(=O)Nc2cccc(C)c2C)cc1Cl. The summed E-state index contributed by atoms with van der Waals surface area (Å²) in [6.07, 6.45) is 0. The number of carbonyl (C=O) groups is 1. The van der Waals surface area contributed by atoms with Crippen molar-refractivity contribution in [1.29, 1.82) is 0 Å². The number of hydrogen-bond acceptors (Lipinski definition) is 6. The van der Waals surface area contributed by atoms with Crippen LogP contribution >= 0.6 is 23.4 Å². The third-order valence-corrected chi connectivity index (χ3v) is 6.76. The van der Waals surface area contributed by atoms with Crippen LogP contribution in [0.25, 0.3) is 0 Å². The van der Waals surface area contributed by atoms with Gasteiger partial charge in [-0.25, -0.2) is 4.68 Å². The minimum atomic E-state index is -0.481. The van der Waals surface area contributed by atoms with Gasteiger partial charge in [-0.2, -0.15) is 0 Å². The van der Waals surface area contributed by atoms with Crippen LogP contribution in [0.15, 0.2) is 41.6 Å². The molecule has 2 N–H and O–H groups in total. The van der Waals surface area contributed by atoms with Gasteiger partial charge in [0.2, 0.25) is 11.1 Å². The minimum Gasteiger partial charge on any atom is -0.495 e. The summed E-state index contributed by atoms with van der Waals surface area (Å²) in [4.78, 5) is 13.4. The zero-order valence-electron chi connectivity index (χ0n) is 17.1. The van der Waals surface area contributed by atoms with Crippen LogP contribution in [0.5, 0.6) is 5.75 Å². The van der Waals surface area contributed by atoms with Crippen LogP contribution in [0.3, 0.4) is 0 Å². The Morgan fingerprint density at radius 1 is 1.23 bits per heavy atom. The largest absolute Gasteiger partial charge is 0.495 e. The van der Waals surface area contributed by atoms with Crippen LogP contribution in [-0.4, -0.2) is 33.1 Å². The fourth-order valence-corrected chi connectivity index (χ4v) is 4.77. The van der Waals surface area contributed by atoms with Crippen molar-refractivity contribution in [2.24, 2.45) is 0 Å². The molecule has 7 nitrogen and oxygen atoms in total. The molecular weight excluding hydrogens is 422 g/mol. The van der Waals surface area contributed by atoms with E-state index in [-0.39, 0.29) is 11.9 Å². The maximum absolute atomic E-state index is 13.4. The average molecular weight is 444 g/mol. The van der Waals surface area contributed by atoms with Gasteiger partial charge in [-0.1, -0.05) is 41.6 Å². The fourth-order valence-electron chi connectivity index (χ4n) is 3.38. The van der Waals surface area contributed by atoms with Gasteiger partial charge >= 0.3 is 0 Å². The van der Waals surface area contributed by atoms with Crippen molar-refractivity contribution in [2.75, 3.05) is 17.9 Å². The lowest BCUT2D eigenvalue weighted by atomic mass is 10.0. The Kier molecular flexibility index (Phi) is 5.62. The Hall–Kier alpha value is -2.71. The molecule has 2 aromatic carbocycles. The van der Waals surface area contributed by atoms with E-state index in [0.29, 0.717) is 15.9 Å². The van der Waals surface area contributed by atoms with E-state index in [4.69, 9.17) is 16.3 Å². The molecule has 1 aliphatic heterocycles. The van der Waals surface area contributed by atoms with E-state index in [1.807, 2.05) is 51.1 Å². The molecule has 3 aromatic rings. The zero-order valence-corrected chi connectivity index (χ0v) is 18.6. The average Bonchev–Trinajstić information content (AvgIpc) is 3.10. The molecule has 156 valence electrons. The van der Waals surface area contributed by atoms with Crippen molar-refractivity contribution in [3.63, 3.8) is 0 Å². The van der Waals surface area contributed by atoms with Crippen molar-refractivity contribution < 1.29 is 9.53 Å². The van der Waals surface area contributed by atoms with E-state index in [2.05, 4.69) is 20.9 Å². The molecule has 0 bridgehead atoms. The number of aryl methyl sites for hydroxylation is 2. The van der Waals surface area contributed by atoms with Gasteiger partial charge in [0.15, 0.2) is 0 Å². The van der Waals surface area contributed by atoms with E-state index in [0.717, 1.165) is 28.2 Å². The molecular formula is C21H22ClN5O2S. The minimum absolute atomic E-state index is 0.120. The number of amides is 1. The molecule has 0 saturated carbocycles. The Morgan fingerprint density at radius 2 is 2.03 bits per heavy atom. The van der Waals surface area contributed by atoms with Crippen LogP contribution < -0.4 is 15.5 Å². The summed E-state index contributed by atoms with van der Waals surface area (Å²) < 4.78 is 7.07. The Morgan fingerprint density at radius 3 is 2.77 bits per heavy atom. The van der Waals surface area contributed by atoms with Gasteiger partial charge in [-0.15, -0.1) is 10.2 Å². The normalized spacial score (nSPS) is 17.8. The summed E-state index contributed by atoms with van der Waals surface area (Å²) in [6, 6.07) is 11.1. The first kappa shape index (κ1) is 20.6. The molecule has 4 rings (SSSR count). The van der Waals surface area contributed by atoms with Crippen molar-refractivity contribution in [1.82, 2.24) is 14.9 Å². The number of ether oxygens (including phenoxy) is 1. The van der Waals surface area contributed by atoms with E-state index in [9.17, 15) is 4.79 Å². The van der Waals surface area contributed by atoms with Gasteiger partial charge in [0.25, 0.3) is 0 Å². The number of fused-ring (bicyclic) bond motifs is 1. The van der Waals surface area contributed by atoms with Crippen molar-refractivity contribution >= 4 is 35.0 Å².